The van der Waals surface area contributed by atoms with Crippen molar-refractivity contribution in [3.05, 3.63) is 66.6 Å². The number of benzene rings is 2. The second-order valence-electron chi connectivity index (χ2n) is 7.13. The van der Waals surface area contributed by atoms with Gasteiger partial charge >= 0.3 is 0 Å². The lowest BCUT2D eigenvalue weighted by Gasteiger charge is -2.24. The summed E-state index contributed by atoms with van der Waals surface area (Å²) in [6.07, 6.45) is 3.84. The Morgan fingerprint density at radius 2 is 1.30 bits per heavy atom. The van der Waals surface area contributed by atoms with Crippen LogP contribution in [0.4, 0.5) is 5.82 Å². The molecule has 0 spiro atoms. The van der Waals surface area contributed by atoms with E-state index in [1.54, 1.807) is 0 Å². The Balaban J connectivity index is 1.68. The van der Waals surface area contributed by atoms with E-state index >= 15 is 0 Å². The maximum Gasteiger partial charge on any atom is 0.275 e. The number of carbonyl (C=O) groups excluding carboxylic acids is 1. The molecule has 7 nitrogen and oxygen atoms in total. The van der Waals surface area contributed by atoms with Crippen LogP contribution >= 0.6 is 12.6 Å². The van der Waals surface area contributed by atoms with Gasteiger partial charge in [0, 0.05) is 45.3 Å². The molecule has 0 bridgehead atoms. The molecule has 0 fully saturated rings. The van der Waals surface area contributed by atoms with Crippen molar-refractivity contribution in [1.82, 2.24) is 25.3 Å². The topological polar surface area (TPSA) is 98.5 Å². The van der Waals surface area contributed by atoms with Gasteiger partial charge in [0.2, 0.25) is 0 Å². The number of para-hydroxylation sites is 2. The number of H-pyrrole nitrogens is 2. The second kappa shape index (κ2) is 6.36. The molecule has 1 unspecified atom stereocenters. The molecule has 146 valence electrons. The fourth-order valence-electron chi connectivity index (χ4n) is 3.96. The molecule has 3 aromatic heterocycles. The van der Waals surface area contributed by atoms with Crippen LogP contribution in [0, 0.1) is 0 Å². The first kappa shape index (κ1) is 17.1. The third kappa shape index (κ3) is 2.50. The predicted molar refractivity (Wildman–Crippen MR) is 120 cm³/mol. The first-order chi connectivity index (χ1) is 14.7. The number of hydrogen-bond donors (Lipinski definition) is 5. The van der Waals surface area contributed by atoms with E-state index in [9.17, 15) is 4.79 Å². The van der Waals surface area contributed by atoms with Gasteiger partial charge in [-0.1, -0.05) is 36.4 Å². The number of nitrogens with zero attached hydrogens (tertiary/aromatic N) is 2. The lowest BCUT2D eigenvalue weighted by Crippen LogP contribution is -2.42. The zero-order chi connectivity index (χ0) is 20.2. The lowest BCUT2D eigenvalue weighted by molar-refractivity contribution is 0.0943. The minimum atomic E-state index is -0.519. The lowest BCUT2D eigenvalue weighted by atomic mass is 10.0. The highest BCUT2D eigenvalue weighted by atomic mass is 32.1. The molecule has 0 radical (unpaired) electrons. The van der Waals surface area contributed by atoms with Crippen LogP contribution in [0.5, 0.6) is 0 Å². The first-order valence-corrected chi connectivity index (χ1v) is 10.0. The van der Waals surface area contributed by atoms with Crippen LogP contribution in [0.3, 0.4) is 0 Å². The van der Waals surface area contributed by atoms with Gasteiger partial charge < -0.3 is 20.6 Å². The summed E-state index contributed by atoms with van der Waals surface area (Å²) in [6, 6.07) is 16.0. The van der Waals surface area contributed by atoms with Crippen molar-refractivity contribution in [2.45, 2.75) is 5.50 Å². The average molecular weight is 412 g/mol. The van der Waals surface area contributed by atoms with Crippen LogP contribution in [-0.2, 0) is 0 Å². The summed E-state index contributed by atoms with van der Waals surface area (Å²) in [5.41, 5.74) is 4.89. The van der Waals surface area contributed by atoms with Crippen molar-refractivity contribution in [2.24, 2.45) is 0 Å². The molecule has 1 aliphatic heterocycles. The van der Waals surface area contributed by atoms with E-state index in [-0.39, 0.29) is 11.6 Å². The molecule has 0 aliphatic carbocycles. The second-order valence-corrected chi connectivity index (χ2v) is 7.65. The molecule has 0 saturated heterocycles. The SMILES string of the molecule is O=C1NC(S)Nc2nc(-c3c[nH]c4ccccc34)c(-c3c[nH]c4ccccc34)nc21. The zero-order valence-corrected chi connectivity index (χ0v) is 16.5. The molecule has 6 rings (SSSR count). The number of amides is 1. The smallest absolute Gasteiger partial charge is 0.275 e. The molecule has 5 aromatic rings. The maximum absolute atomic E-state index is 12.6. The van der Waals surface area contributed by atoms with Crippen LogP contribution in [0.2, 0.25) is 0 Å². The van der Waals surface area contributed by atoms with Gasteiger partial charge in [-0.15, -0.1) is 12.6 Å². The molecule has 30 heavy (non-hydrogen) atoms. The summed E-state index contributed by atoms with van der Waals surface area (Å²) in [5, 5.41) is 7.87. The molecule has 0 saturated carbocycles. The number of rotatable bonds is 2. The summed E-state index contributed by atoms with van der Waals surface area (Å²) in [7, 11) is 0. The number of carbonyl (C=O) groups is 1. The fourth-order valence-corrected chi connectivity index (χ4v) is 4.20. The van der Waals surface area contributed by atoms with Crippen molar-refractivity contribution in [2.75, 3.05) is 5.32 Å². The van der Waals surface area contributed by atoms with Crippen molar-refractivity contribution < 1.29 is 4.79 Å². The minimum absolute atomic E-state index is 0.254. The zero-order valence-electron chi connectivity index (χ0n) is 15.6. The summed E-state index contributed by atoms with van der Waals surface area (Å²) < 4.78 is 0. The highest BCUT2D eigenvalue weighted by Crippen LogP contribution is 2.38. The van der Waals surface area contributed by atoms with E-state index in [1.165, 1.54) is 0 Å². The van der Waals surface area contributed by atoms with Crippen molar-refractivity contribution in [3.63, 3.8) is 0 Å². The molecule has 2 aromatic carbocycles. The maximum atomic E-state index is 12.6. The number of anilines is 1. The van der Waals surface area contributed by atoms with Crippen molar-refractivity contribution in [1.29, 1.82) is 0 Å². The Morgan fingerprint density at radius 1 is 0.733 bits per heavy atom. The normalized spacial score (nSPS) is 15.8. The summed E-state index contributed by atoms with van der Waals surface area (Å²) in [6.45, 7) is 0. The van der Waals surface area contributed by atoms with Crippen LogP contribution < -0.4 is 10.6 Å². The van der Waals surface area contributed by atoms with Crippen LogP contribution in [0.15, 0.2) is 60.9 Å². The Kier molecular flexibility index (Phi) is 3.63. The quantitative estimate of drug-likeness (QED) is 0.281. The summed E-state index contributed by atoms with van der Waals surface area (Å²) >= 11 is 4.33. The molecule has 8 heteroatoms. The molecular formula is C22H16N6OS. The van der Waals surface area contributed by atoms with Crippen molar-refractivity contribution >= 4 is 46.2 Å². The summed E-state index contributed by atoms with van der Waals surface area (Å²) in [5.74, 6) is 0.116. The standard InChI is InChI=1S/C22H16N6OS/c29-21-19-20(27-22(30)28-21)26-18(14-10-24-16-8-4-2-6-12(14)16)17(25-19)13-9-23-15-7-3-1-5-11(13)15/h1-10,22-24,30H,(H,26,27)(H,28,29). The molecule has 4 heterocycles. The van der Waals surface area contributed by atoms with Gasteiger partial charge in [0.05, 0.1) is 5.69 Å². The molecule has 1 atom stereocenters. The summed E-state index contributed by atoms with van der Waals surface area (Å²) in [4.78, 5) is 28.8. The molecule has 1 aliphatic rings. The number of aromatic nitrogens is 4. The van der Waals surface area contributed by atoms with Gasteiger partial charge in [-0.05, 0) is 12.1 Å². The number of aromatic amines is 2. The molecular weight excluding hydrogens is 396 g/mol. The third-order valence-electron chi connectivity index (χ3n) is 5.34. The monoisotopic (exact) mass is 412 g/mol. The Morgan fingerprint density at radius 3 is 1.93 bits per heavy atom. The van der Waals surface area contributed by atoms with Crippen LogP contribution in [-0.4, -0.2) is 31.3 Å². The third-order valence-corrected chi connectivity index (χ3v) is 5.60. The van der Waals surface area contributed by atoms with Crippen molar-refractivity contribution in [3.8, 4) is 22.5 Å². The highest BCUT2D eigenvalue weighted by molar-refractivity contribution is 7.81. The number of nitrogens with one attached hydrogen (secondary N) is 4. The highest BCUT2D eigenvalue weighted by Gasteiger charge is 2.28. The molecule has 1 amide bonds. The van der Waals surface area contributed by atoms with E-state index in [0.717, 1.165) is 32.9 Å². The van der Waals surface area contributed by atoms with Gasteiger partial charge in [-0.2, -0.15) is 0 Å². The van der Waals surface area contributed by atoms with E-state index < -0.39 is 5.50 Å². The van der Waals surface area contributed by atoms with Gasteiger partial charge in [-0.25, -0.2) is 9.97 Å². The number of fused-ring (bicyclic) bond motifs is 3. The largest absolute Gasteiger partial charge is 0.360 e. The number of thiol groups is 1. The van der Waals surface area contributed by atoms with Crippen LogP contribution in [0.1, 0.15) is 10.5 Å². The van der Waals surface area contributed by atoms with Gasteiger partial charge in [-0.3, -0.25) is 4.79 Å². The number of hydrogen-bond acceptors (Lipinski definition) is 5. The average Bonchev–Trinajstić information content (AvgIpc) is 3.37. The van der Waals surface area contributed by atoms with Crippen LogP contribution in [0.25, 0.3) is 44.3 Å². The van der Waals surface area contributed by atoms with E-state index in [4.69, 9.17) is 9.97 Å². The van der Waals surface area contributed by atoms with Gasteiger partial charge in [0.15, 0.2) is 11.5 Å². The minimum Gasteiger partial charge on any atom is -0.360 e. The van der Waals surface area contributed by atoms with E-state index in [2.05, 4.69) is 33.2 Å². The first-order valence-electron chi connectivity index (χ1n) is 9.49. The predicted octanol–water partition coefficient (Wildman–Crippen LogP) is 4.14. The van der Waals surface area contributed by atoms with E-state index in [1.807, 2.05) is 60.9 Å². The Bertz CT molecular complexity index is 1450. The van der Waals surface area contributed by atoms with Gasteiger partial charge in [0.25, 0.3) is 5.91 Å². The Hall–Kier alpha value is -3.78. The Labute approximate surface area is 176 Å². The van der Waals surface area contributed by atoms with Gasteiger partial charge in [0.1, 0.15) is 11.2 Å². The molecule has 4 N–H and O–H groups in total. The fraction of sp³-hybridized carbons (Fsp3) is 0.0455. The van der Waals surface area contributed by atoms with E-state index in [0.29, 0.717) is 17.2 Å².